The Morgan fingerprint density at radius 3 is 2.56 bits per heavy atom. The summed E-state index contributed by atoms with van der Waals surface area (Å²) in [6.07, 6.45) is 3.18. The summed E-state index contributed by atoms with van der Waals surface area (Å²) in [6.45, 7) is 5.09. The van der Waals surface area contributed by atoms with E-state index >= 15 is 0 Å². The van der Waals surface area contributed by atoms with Gasteiger partial charge in [0.05, 0.1) is 0 Å². The van der Waals surface area contributed by atoms with Gasteiger partial charge in [-0.05, 0) is 13.5 Å². The van der Waals surface area contributed by atoms with Gasteiger partial charge < -0.3 is 0 Å². The van der Waals surface area contributed by atoms with Gasteiger partial charge in [0.2, 0.25) is 6.17 Å². The van der Waals surface area contributed by atoms with E-state index in [1.54, 1.807) is 0 Å². The van der Waals surface area contributed by atoms with Crippen molar-refractivity contribution in [3.63, 3.8) is 0 Å². The van der Waals surface area contributed by atoms with Crippen molar-refractivity contribution in [2.45, 2.75) is 19.0 Å². The Balaban J connectivity index is 2.49. The maximum atomic E-state index is 3.86. The summed E-state index contributed by atoms with van der Waals surface area (Å²) in [7, 11) is 4.19. The largest absolute Gasteiger partial charge is 0.249 e. The summed E-state index contributed by atoms with van der Waals surface area (Å²) in [5.74, 6) is 0. The van der Waals surface area contributed by atoms with Crippen LogP contribution in [0.2, 0.25) is 0 Å². The first-order chi connectivity index (χ1) is 4.22. The zero-order valence-electron chi connectivity index (χ0n) is 6.30. The van der Waals surface area contributed by atoms with Gasteiger partial charge in [-0.25, -0.2) is 9.48 Å². The predicted octanol–water partition coefficient (Wildman–Crippen LogP) is 0.381. The molecule has 1 atom stereocenters. The first-order valence-electron chi connectivity index (χ1n) is 3.45. The Morgan fingerprint density at radius 1 is 1.67 bits per heavy atom. The number of hydrogen-bond acceptors (Lipinski definition) is 1. The van der Waals surface area contributed by atoms with Crippen molar-refractivity contribution in [2.75, 3.05) is 20.6 Å². The average molecular weight is 127 g/mol. The van der Waals surface area contributed by atoms with Crippen molar-refractivity contribution in [1.29, 1.82) is 0 Å². The van der Waals surface area contributed by atoms with Crippen LogP contribution in [0.5, 0.6) is 0 Å². The van der Waals surface area contributed by atoms with Gasteiger partial charge in [-0.3, -0.25) is 0 Å². The maximum absolute atomic E-state index is 3.86. The molecule has 1 aliphatic rings. The molecule has 1 saturated heterocycles. The lowest BCUT2D eigenvalue weighted by molar-refractivity contribution is -0.551. The Morgan fingerprint density at radius 2 is 2.33 bits per heavy atom. The fraction of sp³-hybridized carbons (Fsp3) is 0.857. The predicted molar refractivity (Wildman–Crippen MR) is 39.0 cm³/mol. The monoisotopic (exact) mass is 127 g/mol. The lowest BCUT2D eigenvalue weighted by atomic mass is 10.3. The van der Waals surface area contributed by atoms with Crippen LogP contribution in [-0.4, -0.2) is 43.0 Å². The molecule has 9 heavy (non-hydrogen) atoms. The Kier molecular flexibility index (Phi) is 1.86. The minimum atomic E-state index is 0.588. The van der Waals surface area contributed by atoms with Gasteiger partial charge in [0, 0.05) is 13.0 Å². The Hall–Kier alpha value is -0.370. The van der Waals surface area contributed by atoms with Crippen molar-refractivity contribution in [3.05, 3.63) is 0 Å². The van der Waals surface area contributed by atoms with E-state index in [0.717, 1.165) is 0 Å². The summed E-state index contributed by atoms with van der Waals surface area (Å²) in [4.78, 5) is 2.34. The van der Waals surface area contributed by atoms with E-state index in [9.17, 15) is 0 Å². The van der Waals surface area contributed by atoms with Crippen LogP contribution in [0.1, 0.15) is 12.8 Å². The molecule has 2 nitrogen and oxygen atoms in total. The summed E-state index contributed by atoms with van der Waals surface area (Å²) in [5, 5.41) is 0. The van der Waals surface area contributed by atoms with Crippen LogP contribution in [0.4, 0.5) is 0 Å². The van der Waals surface area contributed by atoms with E-state index in [1.165, 1.54) is 19.4 Å². The average Bonchev–Trinajstić information content (AvgIpc) is 2.13. The van der Waals surface area contributed by atoms with Crippen molar-refractivity contribution in [2.24, 2.45) is 0 Å². The van der Waals surface area contributed by atoms with Gasteiger partial charge >= 0.3 is 0 Å². The molecule has 0 aromatic carbocycles. The van der Waals surface area contributed by atoms with E-state index in [2.05, 4.69) is 18.7 Å². The van der Waals surface area contributed by atoms with Crippen LogP contribution in [-0.2, 0) is 0 Å². The highest BCUT2D eigenvalue weighted by Crippen LogP contribution is 2.13. The third-order valence-corrected chi connectivity index (χ3v) is 1.99. The highest BCUT2D eigenvalue weighted by Gasteiger charge is 2.26. The van der Waals surface area contributed by atoms with E-state index in [4.69, 9.17) is 0 Å². The van der Waals surface area contributed by atoms with Gasteiger partial charge in [-0.15, -0.1) is 0 Å². The lowest BCUT2D eigenvalue weighted by Crippen LogP contribution is -2.33. The molecule has 52 valence electrons. The second kappa shape index (κ2) is 2.48. The molecule has 1 unspecified atom stereocenters. The maximum Gasteiger partial charge on any atom is 0.208 e. The summed E-state index contributed by atoms with van der Waals surface area (Å²) >= 11 is 0. The van der Waals surface area contributed by atoms with Crippen LogP contribution in [0.25, 0.3) is 0 Å². The third kappa shape index (κ3) is 1.30. The second-order valence-corrected chi connectivity index (χ2v) is 2.86. The molecule has 2 heteroatoms. The third-order valence-electron chi connectivity index (χ3n) is 1.99. The van der Waals surface area contributed by atoms with Crippen molar-refractivity contribution in [3.8, 4) is 0 Å². The van der Waals surface area contributed by atoms with Crippen molar-refractivity contribution < 1.29 is 4.58 Å². The number of nitrogens with zero attached hydrogens (tertiary/aromatic N) is 2. The fourth-order valence-electron chi connectivity index (χ4n) is 1.45. The molecule has 0 bridgehead atoms. The summed E-state index contributed by atoms with van der Waals surface area (Å²) in [5.41, 5.74) is 0. The van der Waals surface area contributed by atoms with Gasteiger partial charge in [0.25, 0.3) is 0 Å². The molecule has 0 saturated carbocycles. The second-order valence-electron chi connectivity index (χ2n) is 2.86. The molecule has 1 rings (SSSR count). The van der Waals surface area contributed by atoms with Crippen LogP contribution in [0, 0.1) is 0 Å². The standard InChI is InChI=1S/C7H15N2/c1-8(2)7-5-4-6-9(7)3/h7H,1,4-6H2,2-3H3/q+1. The van der Waals surface area contributed by atoms with Gasteiger partial charge in [0.15, 0.2) is 0 Å². The highest BCUT2D eigenvalue weighted by atomic mass is 15.3. The number of likely N-dealkylation sites (tertiary alicyclic amines) is 1. The molecule has 0 spiro atoms. The van der Waals surface area contributed by atoms with E-state index in [-0.39, 0.29) is 0 Å². The highest BCUT2D eigenvalue weighted by molar-refractivity contribution is 5.14. The summed E-state index contributed by atoms with van der Waals surface area (Å²) in [6, 6.07) is 0. The first kappa shape index (κ1) is 6.75. The Bertz CT molecular complexity index is 120. The molecule has 1 heterocycles. The van der Waals surface area contributed by atoms with Crippen molar-refractivity contribution in [1.82, 2.24) is 4.90 Å². The molecule has 0 amide bonds. The van der Waals surface area contributed by atoms with E-state index in [0.29, 0.717) is 6.17 Å². The van der Waals surface area contributed by atoms with Gasteiger partial charge in [-0.1, -0.05) is 0 Å². The minimum Gasteiger partial charge on any atom is -0.249 e. The van der Waals surface area contributed by atoms with Gasteiger partial charge in [-0.2, -0.15) is 0 Å². The van der Waals surface area contributed by atoms with Crippen LogP contribution in [0.3, 0.4) is 0 Å². The number of rotatable bonds is 1. The van der Waals surface area contributed by atoms with Crippen LogP contribution < -0.4 is 0 Å². The fourth-order valence-corrected chi connectivity index (χ4v) is 1.45. The zero-order chi connectivity index (χ0) is 6.85. The zero-order valence-corrected chi connectivity index (χ0v) is 6.30. The lowest BCUT2D eigenvalue weighted by Gasteiger charge is -2.13. The van der Waals surface area contributed by atoms with Crippen LogP contribution >= 0.6 is 0 Å². The molecule has 0 radical (unpaired) electrons. The topological polar surface area (TPSA) is 6.25 Å². The SMILES string of the molecule is C=[N+](C)C1CCCN1C. The quantitative estimate of drug-likeness (QED) is 0.364. The minimum absolute atomic E-state index is 0.588. The number of hydrogen-bond donors (Lipinski definition) is 0. The molecule has 0 aromatic rings. The molecule has 1 fully saturated rings. The smallest absolute Gasteiger partial charge is 0.208 e. The van der Waals surface area contributed by atoms with Crippen molar-refractivity contribution >= 4 is 6.72 Å². The molecular weight excluding hydrogens is 112 g/mol. The van der Waals surface area contributed by atoms with Crippen LogP contribution in [0.15, 0.2) is 0 Å². The molecule has 1 aliphatic heterocycles. The molecule has 0 aliphatic carbocycles. The molecule has 0 aromatic heterocycles. The van der Waals surface area contributed by atoms with E-state index < -0.39 is 0 Å². The molecule has 0 N–H and O–H groups in total. The molecular formula is C7H15N2+. The summed E-state index contributed by atoms with van der Waals surface area (Å²) < 4.78 is 2.03. The Labute approximate surface area is 56.8 Å². The first-order valence-corrected chi connectivity index (χ1v) is 3.45. The van der Waals surface area contributed by atoms with Gasteiger partial charge in [0.1, 0.15) is 13.8 Å². The van der Waals surface area contributed by atoms with E-state index in [1.807, 2.05) is 11.6 Å². The normalized spacial score (nSPS) is 28.9.